The Morgan fingerprint density at radius 2 is 2.23 bits per heavy atom. The zero-order chi connectivity index (χ0) is 18.7. The average molecular weight is 395 g/mol. The lowest BCUT2D eigenvalue weighted by Gasteiger charge is -2.13. The quantitative estimate of drug-likeness (QED) is 0.429. The van der Waals surface area contributed by atoms with Crippen molar-refractivity contribution in [3.8, 4) is 17.2 Å². The molecule has 1 aromatic rings. The zero-order valence-corrected chi connectivity index (χ0v) is 15.7. The number of carbonyl (C=O) groups excluding carboxylic acids is 1. The highest BCUT2D eigenvalue weighted by Crippen LogP contribution is 2.43. The van der Waals surface area contributed by atoms with E-state index in [1.807, 2.05) is 0 Å². The molecule has 0 radical (unpaired) electrons. The molecule has 0 saturated carbocycles. The number of carboxylic acids is 1. The lowest BCUT2D eigenvalue weighted by Crippen LogP contribution is -2.29. The van der Waals surface area contributed by atoms with Crippen molar-refractivity contribution in [1.29, 1.82) is 0 Å². The van der Waals surface area contributed by atoms with Crippen molar-refractivity contribution in [2.24, 2.45) is 0 Å². The number of hydrogen-bond donors (Lipinski definition) is 1. The summed E-state index contributed by atoms with van der Waals surface area (Å²) in [7, 11) is 1.54. The summed E-state index contributed by atoms with van der Waals surface area (Å²) in [6.07, 6.45) is 2.91. The largest absolute Gasteiger partial charge is 0.493 e. The molecule has 1 amide bonds. The lowest BCUT2D eigenvalue weighted by molar-refractivity contribution is -0.137. The zero-order valence-electron chi connectivity index (χ0n) is 14.0. The predicted octanol–water partition coefficient (Wildman–Crippen LogP) is 2.88. The second-order valence-electron chi connectivity index (χ2n) is 5.64. The van der Waals surface area contributed by atoms with Crippen LogP contribution in [0.3, 0.4) is 0 Å². The normalized spacial score (nSPS) is 17.3. The smallest absolute Gasteiger partial charge is 0.303 e. The van der Waals surface area contributed by atoms with E-state index in [1.54, 1.807) is 18.2 Å². The fourth-order valence-corrected chi connectivity index (χ4v) is 3.93. The number of fused-ring (bicyclic) bond motifs is 1. The molecule has 0 atom stereocenters. The minimum atomic E-state index is -0.841. The Morgan fingerprint density at radius 1 is 1.42 bits per heavy atom. The fourth-order valence-electron chi connectivity index (χ4n) is 2.62. The molecule has 1 saturated heterocycles. The molecule has 0 unspecified atom stereocenters. The van der Waals surface area contributed by atoms with Gasteiger partial charge in [0.05, 0.1) is 12.0 Å². The number of thioether (sulfide) groups is 1. The van der Waals surface area contributed by atoms with Gasteiger partial charge in [-0.1, -0.05) is 24.0 Å². The van der Waals surface area contributed by atoms with Gasteiger partial charge in [0.2, 0.25) is 12.5 Å². The molecule has 2 aliphatic heterocycles. The van der Waals surface area contributed by atoms with E-state index in [1.165, 1.54) is 23.8 Å². The van der Waals surface area contributed by atoms with Crippen LogP contribution in [0, 0.1) is 0 Å². The molecule has 0 aliphatic carbocycles. The van der Waals surface area contributed by atoms with Crippen LogP contribution in [-0.4, -0.2) is 46.7 Å². The van der Waals surface area contributed by atoms with Gasteiger partial charge < -0.3 is 19.3 Å². The summed E-state index contributed by atoms with van der Waals surface area (Å²) in [6.45, 7) is 0.549. The Kier molecular flexibility index (Phi) is 5.67. The number of methoxy groups -OCH3 is 1. The number of unbranched alkanes of at least 4 members (excludes halogenated alkanes) is 1. The molecular formula is C17H17NO6S2. The van der Waals surface area contributed by atoms with Crippen molar-refractivity contribution in [3.63, 3.8) is 0 Å². The summed E-state index contributed by atoms with van der Waals surface area (Å²) in [5, 5.41) is 8.68. The van der Waals surface area contributed by atoms with Crippen LogP contribution < -0.4 is 14.2 Å². The van der Waals surface area contributed by atoms with Crippen LogP contribution in [0.1, 0.15) is 24.8 Å². The van der Waals surface area contributed by atoms with Crippen molar-refractivity contribution < 1.29 is 28.9 Å². The standard InChI is InChI=1S/C17H17NO6S2/c1-22-11-6-10(7-12-15(11)24-9-23-12)8-13-16(21)18(17(25)26-13)5-3-2-4-14(19)20/h6-8H,2-5,9H2,1H3,(H,19,20)/b13-8-. The third-order valence-corrected chi connectivity index (χ3v) is 5.25. The Morgan fingerprint density at radius 3 is 2.96 bits per heavy atom. The highest BCUT2D eigenvalue weighted by Gasteiger charge is 2.31. The number of rotatable bonds is 7. The van der Waals surface area contributed by atoms with Gasteiger partial charge in [-0.05, 0) is 36.6 Å². The minimum Gasteiger partial charge on any atom is -0.493 e. The van der Waals surface area contributed by atoms with Crippen molar-refractivity contribution >= 4 is 46.3 Å². The first-order valence-corrected chi connectivity index (χ1v) is 9.17. The Bertz CT molecular complexity index is 792. The van der Waals surface area contributed by atoms with Gasteiger partial charge in [0, 0.05) is 13.0 Å². The molecule has 138 valence electrons. The molecule has 7 nitrogen and oxygen atoms in total. The average Bonchev–Trinajstić information content (AvgIpc) is 3.17. The Balaban J connectivity index is 1.73. The fraction of sp³-hybridized carbons (Fsp3) is 0.353. The molecule has 3 rings (SSSR count). The number of carboxylic acid groups (broad SMARTS) is 1. The van der Waals surface area contributed by atoms with Crippen LogP contribution >= 0.6 is 24.0 Å². The molecule has 1 aromatic carbocycles. The van der Waals surface area contributed by atoms with Gasteiger partial charge in [-0.25, -0.2) is 0 Å². The number of carbonyl (C=O) groups is 2. The third-order valence-electron chi connectivity index (χ3n) is 3.87. The summed E-state index contributed by atoms with van der Waals surface area (Å²) < 4.78 is 16.5. The van der Waals surface area contributed by atoms with E-state index in [0.717, 1.165) is 5.56 Å². The summed E-state index contributed by atoms with van der Waals surface area (Å²) in [4.78, 5) is 25.2. The van der Waals surface area contributed by atoms with E-state index in [2.05, 4.69) is 0 Å². The van der Waals surface area contributed by atoms with Crippen molar-refractivity contribution in [2.45, 2.75) is 19.3 Å². The number of thiocarbonyl (C=S) groups is 1. The van der Waals surface area contributed by atoms with Crippen LogP contribution in [0.15, 0.2) is 17.0 Å². The van der Waals surface area contributed by atoms with Crippen LogP contribution in [0.5, 0.6) is 17.2 Å². The SMILES string of the molecule is COc1cc(/C=C2\SC(=S)N(CCCCC(=O)O)C2=O)cc2c1OCO2. The van der Waals surface area contributed by atoms with E-state index >= 15 is 0 Å². The first kappa shape index (κ1) is 18.5. The summed E-state index contributed by atoms with van der Waals surface area (Å²) in [6, 6.07) is 3.55. The highest BCUT2D eigenvalue weighted by atomic mass is 32.2. The molecule has 2 aliphatic rings. The van der Waals surface area contributed by atoms with Crippen molar-refractivity contribution in [3.05, 3.63) is 22.6 Å². The molecule has 0 spiro atoms. The summed E-state index contributed by atoms with van der Waals surface area (Å²) in [5.41, 5.74) is 0.748. The van der Waals surface area contributed by atoms with Gasteiger partial charge >= 0.3 is 5.97 Å². The number of benzene rings is 1. The molecule has 1 fully saturated rings. The van der Waals surface area contributed by atoms with Crippen LogP contribution in [0.2, 0.25) is 0 Å². The Hall–Kier alpha value is -2.26. The molecule has 1 N–H and O–H groups in total. The van der Waals surface area contributed by atoms with Crippen LogP contribution in [0.4, 0.5) is 0 Å². The van der Waals surface area contributed by atoms with E-state index in [4.69, 9.17) is 31.5 Å². The molecular weight excluding hydrogens is 378 g/mol. The number of nitrogens with zero attached hydrogens (tertiary/aromatic N) is 1. The van der Waals surface area contributed by atoms with E-state index in [-0.39, 0.29) is 19.1 Å². The maximum absolute atomic E-state index is 12.6. The predicted molar refractivity (Wildman–Crippen MR) is 100 cm³/mol. The van der Waals surface area contributed by atoms with Gasteiger partial charge in [-0.15, -0.1) is 0 Å². The number of aliphatic carboxylic acids is 1. The molecule has 2 heterocycles. The first-order chi connectivity index (χ1) is 12.5. The van der Waals surface area contributed by atoms with Gasteiger partial charge in [0.15, 0.2) is 11.5 Å². The molecule has 9 heteroatoms. The van der Waals surface area contributed by atoms with E-state index in [9.17, 15) is 9.59 Å². The number of ether oxygens (including phenoxy) is 3. The van der Waals surface area contributed by atoms with Crippen molar-refractivity contribution in [2.75, 3.05) is 20.4 Å². The second kappa shape index (κ2) is 7.96. The first-order valence-electron chi connectivity index (χ1n) is 7.94. The molecule has 0 aromatic heterocycles. The van der Waals surface area contributed by atoms with Crippen LogP contribution in [-0.2, 0) is 9.59 Å². The monoisotopic (exact) mass is 395 g/mol. The molecule has 0 bridgehead atoms. The highest BCUT2D eigenvalue weighted by molar-refractivity contribution is 8.26. The number of amides is 1. The maximum Gasteiger partial charge on any atom is 0.303 e. The topological polar surface area (TPSA) is 85.3 Å². The van der Waals surface area contributed by atoms with Gasteiger partial charge in [-0.3, -0.25) is 14.5 Å². The molecule has 26 heavy (non-hydrogen) atoms. The van der Waals surface area contributed by atoms with E-state index < -0.39 is 5.97 Å². The summed E-state index contributed by atoms with van der Waals surface area (Å²) >= 11 is 6.51. The number of hydrogen-bond acceptors (Lipinski definition) is 7. The van der Waals surface area contributed by atoms with Crippen LogP contribution in [0.25, 0.3) is 6.08 Å². The summed E-state index contributed by atoms with van der Waals surface area (Å²) in [5.74, 6) is 0.643. The maximum atomic E-state index is 12.6. The van der Waals surface area contributed by atoms with Gasteiger partial charge in [0.1, 0.15) is 4.32 Å². The van der Waals surface area contributed by atoms with E-state index in [0.29, 0.717) is 45.9 Å². The van der Waals surface area contributed by atoms with Gasteiger partial charge in [0.25, 0.3) is 5.91 Å². The Labute approximate surface area is 159 Å². The second-order valence-corrected chi connectivity index (χ2v) is 7.32. The van der Waals surface area contributed by atoms with Crippen molar-refractivity contribution in [1.82, 2.24) is 4.90 Å². The lowest BCUT2D eigenvalue weighted by atomic mass is 10.1. The minimum absolute atomic E-state index is 0.0849. The third kappa shape index (κ3) is 3.94. The van der Waals surface area contributed by atoms with Gasteiger partial charge in [-0.2, -0.15) is 0 Å².